The lowest BCUT2D eigenvalue weighted by molar-refractivity contribution is 0.0868. The largest absolute Gasteiger partial charge is 0.399 e. The molecule has 3 heteroatoms. The van der Waals surface area contributed by atoms with Crippen molar-refractivity contribution in [3.63, 3.8) is 0 Å². The number of carbonyl (C=O) groups excluding carboxylic acids is 1. The average Bonchev–Trinajstić information content (AvgIpc) is 2.26. The van der Waals surface area contributed by atoms with Gasteiger partial charge in [-0.3, -0.25) is 4.79 Å². The zero-order chi connectivity index (χ0) is 12.4. The molecule has 0 radical (unpaired) electrons. The molecule has 1 aliphatic carbocycles. The predicted octanol–water partition coefficient (Wildman–Crippen LogP) is 4.04. The number of halogens is 1. The summed E-state index contributed by atoms with van der Waals surface area (Å²) in [6, 6.07) is 5.48. The number of anilines is 1. The first-order chi connectivity index (χ1) is 8.06. The van der Waals surface area contributed by atoms with E-state index in [0.717, 1.165) is 22.9 Å². The second-order valence-corrected chi connectivity index (χ2v) is 6.02. The van der Waals surface area contributed by atoms with Gasteiger partial charge in [-0.05, 0) is 37.0 Å². The third-order valence-corrected chi connectivity index (χ3v) is 3.97. The van der Waals surface area contributed by atoms with E-state index in [-0.39, 0.29) is 11.7 Å². The van der Waals surface area contributed by atoms with Crippen molar-refractivity contribution in [2.45, 2.75) is 32.6 Å². The van der Waals surface area contributed by atoms with Gasteiger partial charge in [-0.25, -0.2) is 0 Å². The predicted molar refractivity (Wildman–Crippen MR) is 74.0 cm³/mol. The number of nitrogen functional groups attached to an aromatic ring is 1. The summed E-state index contributed by atoms with van der Waals surface area (Å²) >= 11 is 3.38. The molecule has 1 aromatic carbocycles. The van der Waals surface area contributed by atoms with Gasteiger partial charge >= 0.3 is 0 Å². The molecule has 0 bridgehead atoms. The minimum atomic E-state index is 0.187. The third kappa shape index (κ3) is 3.09. The van der Waals surface area contributed by atoms with Gasteiger partial charge in [-0.2, -0.15) is 0 Å². The van der Waals surface area contributed by atoms with Crippen LogP contribution >= 0.6 is 15.9 Å². The highest BCUT2D eigenvalue weighted by Gasteiger charge is 2.26. The van der Waals surface area contributed by atoms with Crippen molar-refractivity contribution >= 4 is 27.4 Å². The van der Waals surface area contributed by atoms with E-state index in [1.54, 1.807) is 6.07 Å². The number of hydrogen-bond donors (Lipinski definition) is 1. The lowest BCUT2D eigenvalue weighted by Crippen LogP contribution is -2.22. The summed E-state index contributed by atoms with van der Waals surface area (Å²) in [6.45, 7) is 2.23. The lowest BCUT2D eigenvalue weighted by atomic mass is 9.79. The van der Waals surface area contributed by atoms with Crippen LogP contribution in [-0.2, 0) is 0 Å². The molecule has 2 unspecified atom stereocenters. The van der Waals surface area contributed by atoms with Crippen LogP contribution < -0.4 is 5.73 Å². The van der Waals surface area contributed by atoms with Crippen molar-refractivity contribution in [2.75, 3.05) is 5.73 Å². The standard InChI is InChI=1S/C14H18BrNO/c1-9-3-2-4-10(5-9)14(17)11-6-12(15)8-13(16)7-11/h6-10H,2-5,16H2,1H3. The van der Waals surface area contributed by atoms with Crippen molar-refractivity contribution in [3.05, 3.63) is 28.2 Å². The van der Waals surface area contributed by atoms with Gasteiger partial charge in [0.1, 0.15) is 0 Å². The summed E-state index contributed by atoms with van der Waals surface area (Å²) in [5.41, 5.74) is 7.16. The molecular formula is C14H18BrNO. The molecule has 17 heavy (non-hydrogen) atoms. The number of benzene rings is 1. The Bertz CT molecular complexity index is 410. The maximum Gasteiger partial charge on any atom is 0.166 e. The zero-order valence-electron chi connectivity index (χ0n) is 10.1. The van der Waals surface area contributed by atoms with Crippen LogP contribution in [0.25, 0.3) is 0 Å². The number of carbonyl (C=O) groups is 1. The molecule has 0 aromatic heterocycles. The Hall–Kier alpha value is -0.830. The Morgan fingerprint density at radius 1 is 1.35 bits per heavy atom. The fourth-order valence-corrected chi connectivity index (χ4v) is 3.17. The number of hydrogen-bond acceptors (Lipinski definition) is 2. The van der Waals surface area contributed by atoms with E-state index in [0.29, 0.717) is 11.6 Å². The molecule has 1 aliphatic rings. The SMILES string of the molecule is CC1CCCC(C(=O)c2cc(N)cc(Br)c2)C1. The molecular weight excluding hydrogens is 278 g/mol. The van der Waals surface area contributed by atoms with Crippen molar-refractivity contribution in [1.29, 1.82) is 0 Å². The molecule has 2 N–H and O–H groups in total. The summed E-state index contributed by atoms with van der Waals surface area (Å²) < 4.78 is 0.879. The van der Waals surface area contributed by atoms with E-state index in [2.05, 4.69) is 22.9 Å². The molecule has 2 atom stereocenters. The molecule has 0 saturated heterocycles. The Balaban J connectivity index is 2.18. The highest BCUT2D eigenvalue weighted by atomic mass is 79.9. The van der Waals surface area contributed by atoms with Gasteiger partial charge in [0.25, 0.3) is 0 Å². The topological polar surface area (TPSA) is 43.1 Å². The van der Waals surface area contributed by atoms with Gasteiger partial charge in [0.05, 0.1) is 0 Å². The van der Waals surface area contributed by atoms with Crippen LogP contribution in [0.15, 0.2) is 22.7 Å². The summed E-state index contributed by atoms with van der Waals surface area (Å²) in [7, 11) is 0. The first-order valence-corrected chi connectivity index (χ1v) is 6.96. The first-order valence-electron chi connectivity index (χ1n) is 6.16. The molecule has 1 fully saturated rings. The Morgan fingerprint density at radius 3 is 2.76 bits per heavy atom. The van der Waals surface area contributed by atoms with E-state index in [1.165, 1.54) is 12.8 Å². The molecule has 1 saturated carbocycles. The van der Waals surface area contributed by atoms with E-state index >= 15 is 0 Å². The van der Waals surface area contributed by atoms with Crippen molar-refractivity contribution in [3.8, 4) is 0 Å². The summed E-state index contributed by atoms with van der Waals surface area (Å²) in [4.78, 5) is 12.4. The molecule has 92 valence electrons. The van der Waals surface area contributed by atoms with Gasteiger partial charge in [-0.15, -0.1) is 0 Å². The number of rotatable bonds is 2. The third-order valence-electron chi connectivity index (χ3n) is 3.51. The monoisotopic (exact) mass is 295 g/mol. The maximum absolute atomic E-state index is 12.4. The van der Waals surface area contributed by atoms with E-state index in [9.17, 15) is 4.79 Å². The van der Waals surface area contributed by atoms with Crippen LogP contribution in [0.3, 0.4) is 0 Å². The molecule has 0 spiro atoms. The highest BCUT2D eigenvalue weighted by Crippen LogP contribution is 2.31. The Morgan fingerprint density at radius 2 is 2.12 bits per heavy atom. The number of ketones is 1. The fraction of sp³-hybridized carbons (Fsp3) is 0.500. The summed E-state index contributed by atoms with van der Waals surface area (Å²) in [5.74, 6) is 1.11. The molecule has 2 nitrogen and oxygen atoms in total. The van der Waals surface area contributed by atoms with Crippen LogP contribution in [-0.4, -0.2) is 5.78 Å². The molecule has 0 amide bonds. The van der Waals surface area contributed by atoms with E-state index in [1.807, 2.05) is 12.1 Å². The maximum atomic E-state index is 12.4. The average molecular weight is 296 g/mol. The lowest BCUT2D eigenvalue weighted by Gasteiger charge is -2.25. The minimum Gasteiger partial charge on any atom is -0.399 e. The van der Waals surface area contributed by atoms with E-state index in [4.69, 9.17) is 5.73 Å². The highest BCUT2D eigenvalue weighted by molar-refractivity contribution is 9.10. The van der Waals surface area contributed by atoms with Crippen LogP contribution in [0.4, 0.5) is 5.69 Å². The molecule has 0 heterocycles. The Kier molecular flexibility index (Phi) is 3.87. The van der Waals surface area contributed by atoms with Gasteiger partial charge in [0.2, 0.25) is 0 Å². The minimum absolute atomic E-state index is 0.187. The molecule has 0 aliphatic heterocycles. The van der Waals surface area contributed by atoms with Gasteiger partial charge < -0.3 is 5.73 Å². The fourth-order valence-electron chi connectivity index (χ4n) is 2.66. The normalized spacial score (nSPS) is 24.6. The summed E-state index contributed by atoms with van der Waals surface area (Å²) in [5, 5.41) is 0. The van der Waals surface area contributed by atoms with Gasteiger partial charge in [-0.1, -0.05) is 35.7 Å². The summed E-state index contributed by atoms with van der Waals surface area (Å²) in [6.07, 6.45) is 4.46. The van der Waals surface area contributed by atoms with Crippen LogP contribution in [0.5, 0.6) is 0 Å². The van der Waals surface area contributed by atoms with Crippen molar-refractivity contribution < 1.29 is 4.79 Å². The van der Waals surface area contributed by atoms with Gasteiger partial charge in [0.15, 0.2) is 5.78 Å². The van der Waals surface area contributed by atoms with Crippen molar-refractivity contribution in [1.82, 2.24) is 0 Å². The first kappa shape index (κ1) is 12.6. The number of nitrogens with two attached hydrogens (primary N) is 1. The van der Waals surface area contributed by atoms with Crippen molar-refractivity contribution in [2.24, 2.45) is 11.8 Å². The smallest absolute Gasteiger partial charge is 0.166 e. The second kappa shape index (κ2) is 5.21. The second-order valence-electron chi connectivity index (χ2n) is 5.11. The quantitative estimate of drug-likeness (QED) is 0.661. The van der Waals surface area contributed by atoms with Crippen LogP contribution in [0.2, 0.25) is 0 Å². The zero-order valence-corrected chi connectivity index (χ0v) is 11.7. The van der Waals surface area contributed by atoms with Crippen LogP contribution in [0, 0.1) is 11.8 Å². The van der Waals surface area contributed by atoms with E-state index < -0.39 is 0 Å². The number of Topliss-reactive ketones (excluding diaryl/α,β-unsaturated/α-hetero) is 1. The Labute approximate surface area is 111 Å². The molecule has 1 aromatic rings. The van der Waals surface area contributed by atoms with Crippen LogP contribution in [0.1, 0.15) is 43.0 Å². The van der Waals surface area contributed by atoms with Gasteiger partial charge in [0, 0.05) is 21.6 Å². The molecule has 2 rings (SSSR count).